The number of nitrogens with one attached hydrogen (secondary N) is 3. The van der Waals surface area contributed by atoms with Crippen LogP contribution in [0.1, 0.15) is 68.9 Å². The van der Waals surface area contributed by atoms with E-state index >= 15 is 0 Å². The van der Waals surface area contributed by atoms with E-state index in [0.717, 1.165) is 0 Å². The molecule has 2 aliphatic heterocycles. The predicted molar refractivity (Wildman–Crippen MR) is 178 cm³/mol. The smallest absolute Gasteiger partial charge is 0.410 e. The minimum atomic E-state index is -2.05. The fraction of sp³-hybridized carbons (Fsp3) is 0.647. The summed E-state index contributed by atoms with van der Waals surface area (Å²) in [6.07, 6.45) is -6.09. The molecule has 2 saturated heterocycles. The van der Waals surface area contributed by atoms with E-state index in [0.29, 0.717) is 17.7 Å². The Hall–Kier alpha value is -3.76. The average molecular weight is 693 g/mol. The van der Waals surface area contributed by atoms with Crippen molar-refractivity contribution < 1.29 is 54.2 Å². The first-order valence-corrected chi connectivity index (χ1v) is 16.3. The second-order valence-corrected chi connectivity index (χ2v) is 14.4. The van der Waals surface area contributed by atoms with Gasteiger partial charge >= 0.3 is 12.1 Å². The Morgan fingerprint density at radius 3 is 2.33 bits per heavy atom. The number of likely N-dealkylation sites (tertiary alicyclic amines) is 1. The number of carboxylic acids is 1. The van der Waals surface area contributed by atoms with Crippen LogP contribution in [0.25, 0.3) is 0 Å². The molecule has 0 aliphatic carbocycles. The van der Waals surface area contributed by atoms with Crippen LogP contribution >= 0.6 is 0 Å². The Labute approximate surface area is 286 Å². The maximum atomic E-state index is 12.8. The molecule has 8 N–H and O–H groups in total. The number of carboxylic acid groups (broad SMARTS) is 1. The van der Waals surface area contributed by atoms with Gasteiger partial charge in [-0.2, -0.15) is 0 Å². The summed E-state index contributed by atoms with van der Waals surface area (Å²) in [6.45, 7) is 15.6. The molecule has 15 heteroatoms. The van der Waals surface area contributed by atoms with Gasteiger partial charge in [-0.15, -0.1) is 6.58 Å². The average Bonchev–Trinajstić information content (AvgIpc) is 3.34. The number of aliphatic hydroxyl groups excluding tert-OH is 3. The van der Waals surface area contributed by atoms with E-state index in [9.17, 15) is 44.7 Å². The van der Waals surface area contributed by atoms with E-state index in [1.54, 1.807) is 45.6 Å². The third kappa shape index (κ3) is 9.48. The van der Waals surface area contributed by atoms with Crippen LogP contribution in [0, 0.1) is 19.8 Å². The van der Waals surface area contributed by atoms with Gasteiger partial charge < -0.3 is 55.9 Å². The van der Waals surface area contributed by atoms with E-state index in [2.05, 4.69) is 22.5 Å². The molecule has 3 amide bonds. The lowest BCUT2D eigenvalue weighted by Gasteiger charge is -2.47. The number of benzene rings is 1. The van der Waals surface area contributed by atoms with Crippen molar-refractivity contribution in [1.29, 1.82) is 0 Å². The molecule has 0 bridgehead atoms. The van der Waals surface area contributed by atoms with Gasteiger partial charge in [-0.3, -0.25) is 9.59 Å². The highest BCUT2D eigenvalue weighted by atomic mass is 16.6. The number of ether oxygens (including phenoxy) is 2. The van der Waals surface area contributed by atoms with Gasteiger partial charge in [0.15, 0.2) is 5.60 Å². The third-order valence-corrected chi connectivity index (χ3v) is 9.13. The zero-order valence-electron chi connectivity index (χ0n) is 29.3. The number of hydrogen-bond acceptors (Lipinski definition) is 11. The summed E-state index contributed by atoms with van der Waals surface area (Å²) in [5.41, 5.74) is -2.32. The normalized spacial score (nSPS) is 28.3. The SMILES string of the molecule is C=C[C@H]1CN(C(=O)OC(C)(C)C)C[C@@]1(C)NCC[C@]1(C(=O)O)C[C@H](O)[C@@H](NC(C)=O)[C@H]([C@H](O)[C@H](O)CNC(=O)c2cc(C)c(O)c(C)c2)O1. The highest BCUT2D eigenvalue weighted by Crippen LogP contribution is 2.36. The molecular weight excluding hydrogens is 640 g/mol. The number of rotatable bonds is 12. The van der Waals surface area contributed by atoms with Crippen molar-refractivity contribution in [2.45, 2.75) is 109 Å². The number of phenolic OH excluding ortho intramolecular Hbond substituents is 1. The van der Waals surface area contributed by atoms with Crippen LogP contribution < -0.4 is 16.0 Å². The number of hydrogen-bond donors (Lipinski definition) is 8. The van der Waals surface area contributed by atoms with E-state index in [1.165, 1.54) is 19.1 Å². The number of aromatic hydroxyl groups is 1. The van der Waals surface area contributed by atoms with Gasteiger partial charge in [0.1, 0.15) is 23.6 Å². The van der Waals surface area contributed by atoms with Crippen molar-refractivity contribution in [1.82, 2.24) is 20.9 Å². The zero-order valence-corrected chi connectivity index (χ0v) is 29.3. The van der Waals surface area contributed by atoms with Crippen LogP contribution in [0.15, 0.2) is 24.8 Å². The first-order chi connectivity index (χ1) is 22.6. The van der Waals surface area contributed by atoms with Crippen molar-refractivity contribution in [2.24, 2.45) is 5.92 Å². The molecule has 0 unspecified atom stereocenters. The molecule has 0 saturated carbocycles. The van der Waals surface area contributed by atoms with Crippen LogP contribution in [0.3, 0.4) is 0 Å². The molecule has 49 heavy (non-hydrogen) atoms. The molecule has 2 fully saturated rings. The Bertz CT molecular complexity index is 1390. The summed E-state index contributed by atoms with van der Waals surface area (Å²) in [5, 5.41) is 62.0. The number of aryl methyl sites for hydroxylation is 2. The van der Waals surface area contributed by atoms with Crippen LogP contribution in [-0.4, -0.2) is 128 Å². The van der Waals surface area contributed by atoms with Gasteiger partial charge in [0.05, 0.1) is 18.2 Å². The fourth-order valence-electron chi connectivity index (χ4n) is 6.45. The number of aliphatic hydroxyl groups is 3. The van der Waals surface area contributed by atoms with Crippen molar-refractivity contribution in [3.8, 4) is 5.75 Å². The van der Waals surface area contributed by atoms with Gasteiger partial charge in [-0.25, -0.2) is 9.59 Å². The highest BCUT2D eigenvalue weighted by Gasteiger charge is 2.54. The second-order valence-electron chi connectivity index (χ2n) is 14.4. The summed E-state index contributed by atoms with van der Waals surface area (Å²) in [7, 11) is 0. The summed E-state index contributed by atoms with van der Waals surface area (Å²) in [4.78, 5) is 51.9. The number of phenols is 1. The monoisotopic (exact) mass is 692 g/mol. The Morgan fingerprint density at radius 2 is 1.80 bits per heavy atom. The van der Waals surface area contributed by atoms with Crippen LogP contribution in [-0.2, 0) is 19.1 Å². The Balaban J connectivity index is 1.77. The van der Waals surface area contributed by atoms with Crippen molar-refractivity contribution in [3.05, 3.63) is 41.5 Å². The highest BCUT2D eigenvalue weighted by molar-refractivity contribution is 5.94. The number of carbonyl (C=O) groups excluding carboxylic acids is 3. The molecular formula is C34H52N4O11. The van der Waals surface area contributed by atoms with Crippen LogP contribution in [0.5, 0.6) is 5.75 Å². The molecule has 1 aromatic carbocycles. The lowest BCUT2D eigenvalue weighted by atomic mass is 9.81. The molecule has 15 nitrogen and oxygen atoms in total. The van der Waals surface area contributed by atoms with Crippen molar-refractivity contribution in [3.63, 3.8) is 0 Å². The number of aliphatic carboxylic acids is 1. The summed E-state index contributed by atoms with van der Waals surface area (Å²) in [6, 6.07) is 1.63. The van der Waals surface area contributed by atoms with Crippen molar-refractivity contribution >= 4 is 23.9 Å². The number of carbonyl (C=O) groups is 4. The lowest BCUT2D eigenvalue weighted by molar-refractivity contribution is -0.229. The molecule has 3 rings (SSSR count). The Morgan fingerprint density at radius 1 is 1.18 bits per heavy atom. The van der Waals surface area contributed by atoms with E-state index < -0.39 is 84.0 Å². The molecule has 0 radical (unpaired) electrons. The van der Waals surface area contributed by atoms with Gasteiger partial charge in [-0.1, -0.05) is 6.08 Å². The standard InChI is InChI=1S/C34H52N4O11/c1-9-22-16-38(31(47)49-32(5,6)7)17-33(22,8)36-11-10-34(30(45)46)14-23(40)25(37-20(4)39)28(48-34)27(43)24(41)15-35-29(44)21-12-18(2)26(42)19(3)13-21/h9,12-13,22-25,27-28,36,40-43H,1,10-11,14-17H2,2-8H3,(H,35,44)(H,37,39)(H,45,46)/t22-,23-,24+,25+,27+,28+,33+,34+/m0/s1. The van der Waals surface area contributed by atoms with Gasteiger partial charge in [-0.05, 0) is 77.8 Å². The molecule has 2 heterocycles. The maximum Gasteiger partial charge on any atom is 0.410 e. The number of amides is 3. The lowest BCUT2D eigenvalue weighted by Crippen LogP contribution is -2.68. The second kappa shape index (κ2) is 15.4. The Kier molecular flexibility index (Phi) is 12.5. The van der Waals surface area contributed by atoms with E-state index in [1.807, 2.05) is 6.92 Å². The predicted octanol–water partition coefficient (Wildman–Crippen LogP) is 0.730. The summed E-state index contributed by atoms with van der Waals surface area (Å²) < 4.78 is 11.6. The molecule has 2 aliphatic rings. The minimum Gasteiger partial charge on any atom is -0.507 e. The van der Waals surface area contributed by atoms with Gasteiger partial charge in [0, 0.05) is 50.0 Å². The van der Waals surface area contributed by atoms with E-state index in [-0.39, 0.29) is 36.7 Å². The third-order valence-electron chi connectivity index (χ3n) is 9.13. The summed E-state index contributed by atoms with van der Waals surface area (Å²) >= 11 is 0. The maximum absolute atomic E-state index is 12.8. The quantitative estimate of drug-likeness (QED) is 0.142. The van der Waals surface area contributed by atoms with Gasteiger partial charge in [0.25, 0.3) is 5.91 Å². The van der Waals surface area contributed by atoms with Crippen LogP contribution in [0.2, 0.25) is 0 Å². The van der Waals surface area contributed by atoms with E-state index in [4.69, 9.17) is 9.47 Å². The summed E-state index contributed by atoms with van der Waals surface area (Å²) in [5.74, 6) is -2.79. The molecule has 1 aromatic rings. The fourth-order valence-corrected chi connectivity index (χ4v) is 6.45. The molecule has 0 aromatic heterocycles. The van der Waals surface area contributed by atoms with Crippen LogP contribution in [0.4, 0.5) is 4.79 Å². The zero-order chi connectivity index (χ0) is 37.1. The molecule has 274 valence electrons. The van der Waals surface area contributed by atoms with Crippen molar-refractivity contribution in [2.75, 3.05) is 26.2 Å². The first kappa shape index (κ1) is 39.7. The number of nitrogens with zero attached hydrogens (tertiary/aromatic N) is 1. The van der Waals surface area contributed by atoms with Gasteiger partial charge in [0.2, 0.25) is 5.91 Å². The minimum absolute atomic E-state index is 0.0414. The largest absolute Gasteiger partial charge is 0.507 e. The molecule has 0 spiro atoms. The molecule has 8 atom stereocenters. The topological polar surface area (TPSA) is 227 Å². The first-order valence-electron chi connectivity index (χ1n) is 16.3.